The molecule has 2 rings (SSSR count). The summed E-state index contributed by atoms with van der Waals surface area (Å²) in [6, 6.07) is 10.4. The molecule has 0 amide bonds. The van der Waals surface area contributed by atoms with Gasteiger partial charge >= 0.3 is 0 Å². The van der Waals surface area contributed by atoms with E-state index < -0.39 is 0 Å². The third-order valence-corrected chi connectivity index (χ3v) is 4.28. The van der Waals surface area contributed by atoms with Gasteiger partial charge < -0.3 is 9.47 Å². The van der Waals surface area contributed by atoms with Gasteiger partial charge in [-0.25, -0.2) is 0 Å². The topological polar surface area (TPSA) is 18.5 Å². The number of unbranched alkanes of at least 4 members (excludes halogenated alkanes) is 3. The fourth-order valence-corrected chi connectivity index (χ4v) is 2.75. The summed E-state index contributed by atoms with van der Waals surface area (Å²) >= 11 is 5.70. The van der Waals surface area contributed by atoms with Crippen molar-refractivity contribution < 1.29 is 9.47 Å². The molecule has 23 heavy (non-hydrogen) atoms. The monoisotopic (exact) mass is 334 g/mol. The van der Waals surface area contributed by atoms with Crippen molar-refractivity contribution in [2.75, 3.05) is 19.1 Å². The zero-order valence-electron chi connectivity index (χ0n) is 14.2. The number of ether oxygens (including phenoxy) is 2. The molecular formula is C20H27ClO2. The number of fused-ring (bicyclic) bond motifs is 1. The molecular weight excluding hydrogens is 308 g/mol. The molecule has 0 saturated carbocycles. The Bertz CT molecular complexity index is 610. The van der Waals surface area contributed by atoms with Crippen LogP contribution in [0.1, 0.15) is 44.6 Å². The summed E-state index contributed by atoms with van der Waals surface area (Å²) < 4.78 is 11.7. The van der Waals surface area contributed by atoms with Crippen LogP contribution in [0, 0.1) is 6.92 Å². The Morgan fingerprint density at radius 2 is 1.74 bits per heavy atom. The van der Waals surface area contributed by atoms with Crippen LogP contribution in [0.15, 0.2) is 30.3 Å². The van der Waals surface area contributed by atoms with Crippen LogP contribution in [0.4, 0.5) is 0 Å². The van der Waals surface area contributed by atoms with Crippen LogP contribution in [0.25, 0.3) is 10.8 Å². The minimum atomic E-state index is 0.631. The van der Waals surface area contributed by atoms with Crippen molar-refractivity contribution in [3.63, 3.8) is 0 Å². The first kappa shape index (κ1) is 17.9. The molecule has 0 atom stereocenters. The van der Waals surface area contributed by atoms with Gasteiger partial charge in [-0.05, 0) is 54.3 Å². The lowest BCUT2D eigenvalue weighted by Gasteiger charge is -2.12. The number of hydrogen-bond donors (Lipinski definition) is 0. The summed E-state index contributed by atoms with van der Waals surface area (Å²) in [6.07, 6.45) is 5.77. The van der Waals surface area contributed by atoms with Crippen molar-refractivity contribution in [1.29, 1.82) is 0 Å². The predicted octanol–water partition coefficient (Wildman–Crippen LogP) is 6.12. The normalized spacial score (nSPS) is 10.9. The summed E-state index contributed by atoms with van der Waals surface area (Å²) in [6.45, 7) is 5.78. The van der Waals surface area contributed by atoms with Gasteiger partial charge in [0.15, 0.2) is 0 Å². The molecule has 0 heterocycles. The summed E-state index contributed by atoms with van der Waals surface area (Å²) in [5.74, 6) is 2.52. The van der Waals surface area contributed by atoms with E-state index in [0.717, 1.165) is 30.9 Å². The van der Waals surface area contributed by atoms with E-state index in [9.17, 15) is 0 Å². The maximum atomic E-state index is 5.86. The second-order valence-corrected chi connectivity index (χ2v) is 6.25. The Kier molecular flexibility index (Phi) is 7.54. The Morgan fingerprint density at radius 1 is 0.913 bits per heavy atom. The van der Waals surface area contributed by atoms with Crippen molar-refractivity contribution >= 4 is 22.4 Å². The molecule has 0 aliphatic carbocycles. The number of benzene rings is 2. The van der Waals surface area contributed by atoms with Gasteiger partial charge in [0, 0.05) is 5.88 Å². The van der Waals surface area contributed by atoms with Gasteiger partial charge in [0.25, 0.3) is 0 Å². The summed E-state index contributed by atoms with van der Waals surface area (Å²) in [7, 11) is 0. The summed E-state index contributed by atoms with van der Waals surface area (Å²) in [4.78, 5) is 0. The van der Waals surface area contributed by atoms with E-state index in [0.29, 0.717) is 12.5 Å². The van der Waals surface area contributed by atoms with Crippen molar-refractivity contribution in [2.24, 2.45) is 0 Å². The van der Waals surface area contributed by atoms with Crippen molar-refractivity contribution in [1.82, 2.24) is 0 Å². The van der Waals surface area contributed by atoms with Gasteiger partial charge in [0.2, 0.25) is 0 Å². The average molecular weight is 335 g/mol. The molecule has 3 heteroatoms. The van der Waals surface area contributed by atoms with Gasteiger partial charge in [-0.1, -0.05) is 38.3 Å². The highest BCUT2D eigenvalue weighted by Crippen LogP contribution is 2.30. The Hall–Kier alpha value is -1.41. The fourth-order valence-electron chi connectivity index (χ4n) is 2.65. The van der Waals surface area contributed by atoms with Crippen LogP contribution < -0.4 is 9.47 Å². The molecule has 0 aromatic heterocycles. The van der Waals surface area contributed by atoms with E-state index in [4.69, 9.17) is 21.1 Å². The van der Waals surface area contributed by atoms with Crippen LogP contribution in [0.5, 0.6) is 11.5 Å². The first-order valence-electron chi connectivity index (χ1n) is 8.61. The van der Waals surface area contributed by atoms with Gasteiger partial charge in [0.05, 0.1) is 13.2 Å². The van der Waals surface area contributed by atoms with Crippen LogP contribution in [-0.4, -0.2) is 19.1 Å². The number of alkyl halides is 1. The third-order valence-electron chi connectivity index (χ3n) is 4.01. The zero-order chi connectivity index (χ0) is 16.5. The Labute approximate surface area is 144 Å². The van der Waals surface area contributed by atoms with Crippen molar-refractivity contribution in [3.8, 4) is 11.5 Å². The van der Waals surface area contributed by atoms with Gasteiger partial charge in [-0.2, -0.15) is 0 Å². The maximum Gasteiger partial charge on any atom is 0.122 e. The maximum absolute atomic E-state index is 5.86. The molecule has 0 fully saturated rings. The molecule has 0 unspecified atom stereocenters. The lowest BCUT2D eigenvalue weighted by molar-refractivity contribution is 0.305. The van der Waals surface area contributed by atoms with E-state index in [1.807, 2.05) is 6.07 Å². The summed E-state index contributed by atoms with van der Waals surface area (Å²) in [5, 5.41) is 2.41. The molecule has 0 saturated heterocycles. The minimum Gasteiger partial charge on any atom is -0.494 e. The van der Waals surface area contributed by atoms with Gasteiger partial charge in [-0.15, -0.1) is 11.6 Å². The van der Waals surface area contributed by atoms with Crippen molar-refractivity contribution in [3.05, 3.63) is 35.9 Å². The van der Waals surface area contributed by atoms with Crippen LogP contribution in [0.3, 0.4) is 0 Å². The predicted molar refractivity (Wildman–Crippen MR) is 99.2 cm³/mol. The molecule has 2 aromatic rings. The second-order valence-electron chi connectivity index (χ2n) is 5.87. The van der Waals surface area contributed by atoms with Gasteiger partial charge in [-0.3, -0.25) is 0 Å². The summed E-state index contributed by atoms with van der Waals surface area (Å²) in [5.41, 5.74) is 1.17. The Morgan fingerprint density at radius 3 is 2.52 bits per heavy atom. The van der Waals surface area contributed by atoms with E-state index in [1.54, 1.807) is 0 Å². The number of halogens is 1. The molecule has 0 N–H and O–H groups in total. The zero-order valence-corrected chi connectivity index (χ0v) is 15.0. The smallest absolute Gasteiger partial charge is 0.122 e. The van der Waals surface area contributed by atoms with E-state index >= 15 is 0 Å². The molecule has 0 bridgehead atoms. The highest BCUT2D eigenvalue weighted by Gasteiger charge is 2.06. The standard InChI is InChI=1S/C20H27ClO2/c1-3-4-5-6-13-22-18-9-10-19-16(2)20(23-14-7-12-21)11-8-17(19)15-18/h8-11,15H,3-7,12-14H2,1-2H3. The molecule has 0 spiro atoms. The lowest BCUT2D eigenvalue weighted by atomic mass is 10.0. The van der Waals surface area contributed by atoms with Crippen molar-refractivity contribution in [2.45, 2.75) is 46.0 Å². The van der Waals surface area contributed by atoms with Crippen LogP contribution in [-0.2, 0) is 0 Å². The number of rotatable bonds is 10. The first-order chi connectivity index (χ1) is 11.3. The first-order valence-corrected chi connectivity index (χ1v) is 9.14. The molecule has 2 aromatic carbocycles. The van der Waals surface area contributed by atoms with E-state index in [-0.39, 0.29) is 0 Å². The molecule has 0 aliphatic rings. The lowest BCUT2D eigenvalue weighted by Crippen LogP contribution is -2.00. The Balaban J connectivity index is 2.01. The third kappa shape index (κ3) is 5.31. The SMILES string of the molecule is CCCCCCOc1ccc2c(C)c(OCCCCl)ccc2c1. The minimum absolute atomic E-state index is 0.631. The highest BCUT2D eigenvalue weighted by atomic mass is 35.5. The van der Waals surface area contributed by atoms with Crippen LogP contribution in [0.2, 0.25) is 0 Å². The molecule has 0 aliphatic heterocycles. The number of hydrogen-bond acceptors (Lipinski definition) is 2. The van der Waals surface area contributed by atoms with E-state index in [2.05, 4.69) is 38.1 Å². The molecule has 126 valence electrons. The second kappa shape index (κ2) is 9.67. The highest BCUT2D eigenvalue weighted by molar-refractivity contribution is 6.17. The molecule has 2 nitrogen and oxygen atoms in total. The largest absolute Gasteiger partial charge is 0.494 e. The van der Waals surface area contributed by atoms with Crippen LogP contribution >= 0.6 is 11.6 Å². The fraction of sp³-hybridized carbons (Fsp3) is 0.500. The van der Waals surface area contributed by atoms with Gasteiger partial charge in [0.1, 0.15) is 11.5 Å². The number of aryl methyl sites for hydroxylation is 1. The average Bonchev–Trinajstić information content (AvgIpc) is 2.57. The quantitative estimate of drug-likeness (QED) is 0.385. The van der Waals surface area contributed by atoms with E-state index in [1.165, 1.54) is 35.6 Å². The molecule has 0 radical (unpaired) electrons.